The fourth-order valence-electron chi connectivity index (χ4n) is 1.64. The number of esters is 2. The van der Waals surface area contributed by atoms with Gasteiger partial charge in [0.05, 0.1) is 19.6 Å². The van der Waals surface area contributed by atoms with Crippen LogP contribution in [-0.4, -0.2) is 49.2 Å². The Morgan fingerprint density at radius 1 is 1.00 bits per heavy atom. The van der Waals surface area contributed by atoms with E-state index in [1.54, 1.807) is 13.8 Å². The van der Waals surface area contributed by atoms with Crippen LogP contribution in [0.1, 0.15) is 34.1 Å². The van der Waals surface area contributed by atoms with E-state index in [1.807, 2.05) is 18.7 Å². The number of hydrogen-bond donors (Lipinski definition) is 0. The van der Waals surface area contributed by atoms with Crippen LogP contribution >= 0.6 is 0 Å². The molecular weight excluding hydrogens is 222 g/mol. The smallest absolute Gasteiger partial charge is 0.323 e. The van der Waals surface area contributed by atoms with Gasteiger partial charge < -0.3 is 9.47 Å². The average molecular weight is 245 g/mol. The normalized spacial score (nSPS) is 12.3. The first kappa shape index (κ1) is 15.9. The van der Waals surface area contributed by atoms with Crippen LogP contribution in [0.2, 0.25) is 0 Å². The number of carbonyl (C=O) groups is 2. The van der Waals surface area contributed by atoms with Crippen LogP contribution in [0.15, 0.2) is 0 Å². The first-order valence-corrected chi connectivity index (χ1v) is 6.16. The van der Waals surface area contributed by atoms with Crippen LogP contribution in [-0.2, 0) is 19.1 Å². The van der Waals surface area contributed by atoms with Gasteiger partial charge in [0.2, 0.25) is 0 Å². The van der Waals surface area contributed by atoms with Crippen molar-refractivity contribution >= 4 is 11.9 Å². The van der Waals surface area contributed by atoms with Crippen LogP contribution in [0.5, 0.6) is 0 Å². The zero-order chi connectivity index (χ0) is 13.3. The van der Waals surface area contributed by atoms with Crippen LogP contribution in [0, 0.1) is 0 Å². The minimum Gasteiger partial charge on any atom is -0.466 e. The third-order valence-electron chi connectivity index (χ3n) is 2.48. The summed E-state index contributed by atoms with van der Waals surface area (Å²) in [7, 11) is 0. The van der Waals surface area contributed by atoms with E-state index in [4.69, 9.17) is 9.47 Å². The van der Waals surface area contributed by atoms with Gasteiger partial charge in [0.1, 0.15) is 6.04 Å². The summed E-state index contributed by atoms with van der Waals surface area (Å²) in [6.45, 7) is 9.42. The van der Waals surface area contributed by atoms with Crippen molar-refractivity contribution in [2.45, 2.75) is 40.2 Å². The monoisotopic (exact) mass is 245 g/mol. The van der Waals surface area contributed by atoms with E-state index in [-0.39, 0.29) is 18.4 Å². The summed E-state index contributed by atoms with van der Waals surface area (Å²) in [6.07, 6.45) is 0.0500. The number of rotatable bonds is 8. The lowest BCUT2D eigenvalue weighted by Gasteiger charge is -2.26. The number of likely N-dealkylation sites (N-methyl/N-ethyl adjacent to an activating group) is 1. The summed E-state index contributed by atoms with van der Waals surface area (Å²) in [5.74, 6) is -0.721. The molecule has 5 heteroatoms. The van der Waals surface area contributed by atoms with Crippen molar-refractivity contribution in [1.82, 2.24) is 4.90 Å². The van der Waals surface area contributed by atoms with Gasteiger partial charge in [-0.05, 0) is 26.9 Å². The maximum atomic E-state index is 11.8. The molecule has 0 rings (SSSR count). The van der Waals surface area contributed by atoms with E-state index in [0.29, 0.717) is 26.3 Å². The number of carbonyl (C=O) groups excluding carboxylic acids is 2. The zero-order valence-electron chi connectivity index (χ0n) is 11.2. The second-order valence-electron chi connectivity index (χ2n) is 3.50. The van der Waals surface area contributed by atoms with Crippen molar-refractivity contribution < 1.29 is 19.1 Å². The molecular formula is C12H23NO4. The fourth-order valence-corrected chi connectivity index (χ4v) is 1.64. The lowest BCUT2D eigenvalue weighted by molar-refractivity contribution is -0.156. The SMILES string of the molecule is CCOC(=O)C[C@@H](C(=O)OCC)N(CC)CC. The molecule has 0 radical (unpaired) electrons. The molecule has 0 unspecified atom stereocenters. The van der Waals surface area contributed by atoms with Crippen molar-refractivity contribution in [1.29, 1.82) is 0 Å². The quantitative estimate of drug-likeness (QED) is 0.602. The average Bonchev–Trinajstić information content (AvgIpc) is 2.30. The van der Waals surface area contributed by atoms with Gasteiger partial charge in [-0.1, -0.05) is 13.8 Å². The summed E-state index contributed by atoms with van der Waals surface area (Å²) in [4.78, 5) is 25.1. The second kappa shape index (κ2) is 8.98. The first-order chi connectivity index (χ1) is 8.10. The van der Waals surface area contributed by atoms with E-state index < -0.39 is 6.04 Å². The molecule has 0 aromatic carbocycles. The lowest BCUT2D eigenvalue weighted by Crippen LogP contribution is -2.43. The topological polar surface area (TPSA) is 55.8 Å². The summed E-state index contributed by atoms with van der Waals surface area (Å²) in [5, 5.41) is 0. The molecule has 0 saturated heterocycles. The molecule has 1 atom stereocenters. The molecule has 0 bridgehead atoms. The summed E-state index contributed by atoms with van der Waals surface area (Å²) in [6, 6.07) is -0.538. The third kappa shape index (κ3) is 5.68. The van der Waals surface area contributed by atoms with E-state index >= 15 is 0 Å². The molecule has 0 amide bonds. The van der Waals surface area contributed by atoms with Crippen LogP contribution < -0.4 is 0 Å². The molecule has 0 saturated carbocycles. The largest absolute Gasteiger partial charge is 0.466 e. The van der Waals surface area contributed by atoms with Gasteiger partial charge in [-0.25, -0.2) is 0 Å². The Kier molecular flexibility index (Phi) is 8.40. The summed E-state index contributed by atoms with van der Waals surface area (Å²) < 4.78 is 9.85. The third-order valence-corrected chi connectivity index (χ3v) is 2.48. The molecule has 0 fully saturated rings. The Morgan fingerprint density at radius 3 is 1.94 bits per heavy atom. The molecule has 0 aromatic heterocycles. The van der Waals surface area contributed by atoms with E-state index in [1.165, 1.54) is 0 Å². The molecule has 100 valence electrons. The highest BCUT2D eigenvalue weighted by atomic mass is 16.5. The fraction of sp³-hybridized carbons (Fsp3) is 0.833. The van der Waals surface area contributed by atoms with Gasteiger partial charge in [0.25, 0.3) is 0 Å². The molecule has 0 spiro atoms. The van der Waals surface area contributed by atoms with Crippen LogP contribution in [0.4, 0.5) is 0 Å². The Labute approximate surface area is 103 Å². The summed E-state index contributed by atoms with van der Waals surface area (Å²) >= 11 is 0. The van der Waals surface area contributed by atoms with Crippen molar-refractivity contribution in [2.75, 3.05) is 26.3 Å². The van der Waals surface area contributed by atoms with Crippen molar-refractivity contribution in [2.24, 2.45) is 0 Å². The number of nitrogens with zero attached hydrogens (tertiary/aromatic N) is 1. The van der Waals surface area contributed by atoms with E-state index in [2.05, 4.69) is 0 Å². The predicted molar refractivity (Wildman–Crippen MR) is 64.6 cm³/mol. The molecule has 0 heterocycles. The van der Waals surface area contributed by atoms with Crippen molar-refractivity contribution in [3.63, 3.8) is 0 Å². The highest BCUT2D eigenvalue weighted by Crippen LogP contribution is 2.08. The lowest BCUT2D eigenvalue weighted by atomic mass is 10.1. The molecule has 0 aliphatic carbocycles. The van der Waals surface area contributed by atoms with Gasteiger partial charge in [-0.15, -0.1) is 0 Å². The molecule has 5 nitrogen and oxygen atoms in total. The molecule has 17 heavy (non-hydrogen) atoms. The maximum Gasteiger partial charge on any atom is 0.323 e. The minimum absolute atomic E-state index is 0.0500. The predicted octanol–water partition coefficient (Wildman–Crippen LogP) is 1.21. The molecule has 0 aromatic rings. The van der Waals surface area contributed by atoms with Crippen molar-refractivity contribution in [3.05, 3.63) is 0 Å². The molecule has 0 N–H and O–H groups in total. The minimum atomic E-state index is -0.538. The Balaban J connectivity index is 4.59. The van der Waals surface area contributed by atoms with Gasteiger partial charge in [0, 0.05) is 0 Å². The standard InChI is InChI=1S/C12H23NO4/c1-5-13(6-2)10(12(15)17-8-4)9-11(14)16-7-3/h10H,5-9H2,1-4H3/t10-/m0/s1. The van der Waals surface area contributed by atoms with Gasteiger partial charge >= 0.3 is 11.9 Å². The zero-order valence-corrected chi connectivity index (χ0v) is 11.2. The van der Waals surface area contributed by atoms with E-state index in [9.17, 15) is 9.59 Å². The highest BCUT2D eigenvalue weighted by Gasteiger charge is 2.28. The summed E-state index contributed by atoms with van der Waals surface area (Å²) in [5.41, 5.74) is 0. The van der Waals surface area contributed by atoms with Crippen LogP contribution in [0.25, 0.3) is 0 Å². The maximum absolute atomic E-state index is 11.8. The van der Waals surface area contributed by atoms with Crippen molar-refractivity contribution in [3.8, 4) is 0 Å². The van der Waals surface area contributed by atoms with Gasteiger partial charge in [0.15, 0.2) is 0 Å². The number of ether oxygens (including phenoxy) is 2. The Morgan fingerprint density at radius 2 is 1.53 bits per heavy atom. The second-order valence-corrected chi connectivity index (χ2v) is 3.50. The Bertz CT molecular complexity index is 239. The van der Waals surface area contributed by atoms with Gasteiger partial charge in [-0.3, -0.25) is 14.5 Å². The number of hydrogen-bond acceptors (Lipinski definition) is 5. The van der Waals surface area contributed by atoms with E-state index in [0.717, 1.165) is 0 Å². The van der Waals surface area contributed by atoms with Gasteiger partial charge in [-0.2, -0.15) is 0 Å². The molecule has 0 aliphatic rings. The van der Waals surface area contributed by atoms with Crippen LogP contribution in [0.3, 0.4) is 0 Å². The first-order valence-electron chi connectivity index (χ1n) is 6.16. The molecule has 0 aliphatic heterocycles. The highest BCUT2D eigenvalue weighted by molar-refractivity contribution is 5.82. The Hall–Kier alpha value is -1.10.